The van der Waals surface area contributed by atoms with Crippen molar-refractivity contribution in [3.63, 3.8) is 0 Å². The number of methoxy groups -OCH3 is 1. The molecule has 0 aliphatic carbocycles. The Morgan fingerprint density at radius 3 is 2.55 bits per heavy atom. The number of hydrogen-bond acceptors (Lipinski definition) is 4. The van der Waals surface area contributed by atoms with Gasteiger partial charge in [0.25, 0.3) is 0 Å². The summed E-state index contributed by atoms with van der Waals surface area (Å²) in [6.07, 6.45) is -0.496. The third-order valence-electron chi connectivity index (χ3n) is 1.55. The van der Waals surface area contributed by atoms with E-state index >= 15 is 0 Å². The molecule has 0 radical (unpaired) electrons. The number of nitrogens with two attached hydrogens (primary N) is 1. The molecule has 0 aromatic rings. The van der Waals surface area contributed by atoms with Gasteiger partial charge in [-0.15, -0.1) is 0 Å². The summed E-state index contributed by atoms with van der Waals surface area (Å²) in [7, 11) is 1.61. The molecule has 1 atom stereocenters. The van der Waals surface area contributed by atoms with Crippen molar-refractivity contribution >= 4 is 0 Å². The number of nitrogens with one attached hydrogen (secondary N) is 1. The normalized spacial score (nSPS) is 15.0. The summed E-state index contributed by atoms with van der Waals surface area (Å²) in [5.74, 6) is 0. The maximum atomic E-state index is 9.07. The highest BCUT2D eigenvalue weighted by atomic mass is 16.5. The molecule has 0 saturated heterocycles. The van der Waals surface area contributed by atoms with E-state index in [2.05, 4.69) is 5.32 Å². The number of hydrogen-bond donors (Lipinski definition) is 3. The lowest BCUT2D eigenvalue weighted by Crippen LogP contribution is -2.46. The summed E-state index contributed by atoms with van der Waals surface area (Å²) in [5.41, 5.74) is 4.82. The van der Waals surface area contributed by atoms with Gasteiger partial charge in [0.2, 0.25) is 0 Å². The Kier molecular flexibility index (Phi) is 4.60. The molecule has 0 saturated carbocycles. The highest BCUT2D eigenvalue weighted by Crippen LogP contribution is 2.00. The molecule has 1 unspecified atom stereocenters. The van der Waals surface area contributed by atoms with E-state index in [1.807, 2.05) is 13.8 Å². The molecule has 11 heavy (non-hydrogen) atoms. The zero-order chi connectivity index (χ0) is 8.91. The lowest BCUT2D eigenvalue weighted by atomic mass is 10.2. The minimum atomic E-state index is -0.496. The minimum absolute atomic E-state index is 0.271. The van der Waals surface area contributed by atoms with Gasteiger partial charge >= 0.3 is 0 Å². The minimum Gasteiger partial charge on any atom is -0.390 e. The zero-order valence-corrected chi connectivity index (χ0v) is 7.42. The predicted molar refractivity (Wildman–Crippen MR) is 44.2 cm³/mol. The van der Waals surface area contributed by atoms with Crippen molar-refractivity contribution in [3.05, 3.63) is 0 Å². The lowest BCUT2D eigenvalue weighted by molar-refractivity contribution is -0.0154. The Morgan fingerprint density at radius 2 is 2.18 bits per heavy atom. The molecule has 0 bridgehead atoms. The maximum absolute atomic E-state index is 9.07. The molecular weight excluding hydrogens is 144 g/mol. The molecule has 0 aliphatic heterocycles. The number of aliphatic hydroxyl groups excluding tert-OH is 1. The van der Waals surface area contributed by atoms with Crippen LogP contribution in [0.15, 0.2) is 0 Å². The maximum Gasteiger partial charge on any atom is 0.113 e. The Labute approximate surface area is 67.7 Å². The van der Waals surface area contributed by atoms with Gasteiger partial charge in [0.15, 0.2) is 0 Å². The van der Waals surface area contributed by atoms with Gasteiger partial charge in [0.1, 0.15) is 5.72 Å². The summed E-state index contributed by atoms with van der Waals surface area (Å²) in [5, 5.41) is 12.1. The fourth-order valence-electron chi connectivity index (χ4n) is 0.519. The van der Waals surface area contributed by atoms with Crippen molar-refractivity contribution in [2.75, 3.05) is 20.2 Å². The third kappa shape index (κ3) is 5.15. The van der Waals surface area contributed by atoms with Crippen molar-refractivity contribution in [2.45, 2.75) is 25.7 Å². The van der Waals surface area contributed by atoms with Crippen LogP contribution in [0.3, 0.4) is 0 Å². The monoisotopic (exact) mass is 162 g/mol. The first-order valence-electron chi connectivity index (χ1n) is 3.70. The van der Waals surface area contributed by atoms with Crippen molar-refractivity contribution in [3.8, 4) is 0 Å². The quantitative estimate of drug-likeness (QED) is 0.467. The van der Waals surface area contributed by atoms with Gasteiger partial charge in [-0.1, -0.05) is 0 Å². The van der Waals surface area contributed by atoms with E-state index in [9.17, 15) is 0 Å². The van der Waals surface area contributed by atoms with E-state index in [0.29, 0.717) is 6.54 Å². The second-order valence-electron chi connectivity index (χ2n) is 2.98. The van der Waals surface area contributed by atoms with Gasteiger partial charge in [0, 0.05) is 20.2 Å². The molecule has 0 aromatic carbocycles. The highest BCUT2D eigenvalue weighted by Gasteiger charge is 2.15. The number of ether oxygens (including phenoxy) is 1. The molecule has 0 heterocycles. The topological polar surface area (TPSA) is 67.5 Å². The molecule has 4 heteroatoms. The SMILES string of the molecule is COC(C)(C)NCC(O)CN. The third-order valence-corrected chi connectivity index (χ3v) is 1.55. The van der Waals surface area contributed by atoms with Crippen molar-refractivity contribution in [2.24, 2.45) is 5.73 Å². The van der Waals surface area contributed by atoms with Crippen molar-refractivity contribution in [1.82, 2.24) is 5.32 Å². The smallest absolute Gasteiger partial charge is 0.113 e. The Morgan fingerprint density at radius 1 is 1.64 bits per heavy atom. The average Bonchev–Trinajstić information content (AvgIpc) is 2.00. The molecule has 0 aromatic heterocycles. The van der Waals surface area contributed by atoms with E-state index in [4.69, 9.17) is 15.6 Å². The predicted octanol–water partition coefficient (Wildman–Crippen LogP) is -0.722. The van der Waals surface area contributed by atoms with E-state index < -0.39 is 11.8 Å². The Bertz CT molecular complexity index is 107. The van der Waals surface area contributed by atoms with Crippen LogP contribution >= 0.6 is 0 Å². The fourth-order valence-corrected chi connectivity index (χ4v) is 0.519. The molecule has 0 aliphatic rings. The molecular formula is C7H18N2O2. The highest BCUT2D eigenvalue weighted by molar-refractivity contribution is 4.68. The number of rotatable bonds is 5. The summed E-state index contributed by atoms with van der Waals surface area (Å²) >= 11 is 0. The van der Waals surface area contributed by atoms with Gasteiger partial charge in [-0.25, -0.2) is 0 Å². The van der Waals surface area contributed by atoms with Crippen LogP contribution < -0.4 is 11.1 Å². The Balaban J connectivity index is 3.52. The fraction of sp³-hybridized carbons (Fsp3) is 1.00. The number of aliphatic hydroxyl groups is 1. The summed E-state index contributed by atoms with van der Waals surface area (Å²) in [4.78, 5) is 0. The second kappa shape index (κ2) is 4.66. The van der Waals surface area contributed by atoms with E-state index in [1.165, 1.54) is 0 Å². The van der Waals surface area contributed by atoms with Crippen LogP contribution in [0.1, 0.15) is 13.8 Å². The van der Waals surface area contributed by atoms with Crippen LogP contribution in [0, 0.1) is 0 Å². The molecule has 68 valence electrons. The van der Waals surface area contributed by atoms with Crippen LogP contribution in [0.5, 0.6) is 0 Å². The summed E-state index contributed by atoms with van der Waals surface area (Å²) in [6.45, 7) is 4.50. The Hall–Kier alpha value is -0.160. The first kappa shape index (κ1) is 10.8. The van der Waals surface area contributed by atoms with Gasteiger partial charge in [0.05, 0.1) is 6.10 Å². The van der Waals surface area contributed by atoms with E-state index in [0.717, 1.165) is 0 Å². The van der Waals surface area contributed by atoms with Crippen molar-refractivity contribution in [1.29, 1.82) is 0 Å². The first-order chi connectivity index (χ1) is 5.02. The van der Waals surface area contributed by atoms with Crippen LogP contribution in [0.4, 0.5) is 0 Å². The second-order valence-corrected chi connectivity index (χ2v) is 2.98. The molecule has 4 nitrogen and oxygen atoms in total. The van der Waals surface area contributed by atoms with E-state index in [-0.39, 0.29) is 6.54 Å². The van der Waals surface area contributed by atoms with Crippen LogP contribution in [0.2, 0.25) is 0 Å². The molecule has 0 fully saturated rings. The van der Waals surface area contributed by atoms with Crippen LogP contribution in [-0.2, 0) is 4.74 Å². The van der Waals surface area contributed by atoms with Crippen LogP contribution in [-0.4, -0.2) is 37.1 Å². The average molecular weight is 162 g/mol. The van der Waals surface area contributed by atoms with E-state index in [1.54, 1.807) is 7.11 Å². The van der Waals surface area contributed by atoms with Gasteiger partial charge in [-0.05, 0) is 13.8 Å². The molecule has 0 amide bonds. The zero-order valence-electron chi connectivity index (χ0n) is 7.42. The lowest BCUT2D eigenvalue weighted by Gasteiger charge is -2.25. The standard InChI is InChI=1S/C7H18N2O2/c1-7(2,11-3)9-5-6(10)4-8/h6,9-10H,4-5,8H2,1-3H3. The molecule has 4 N–H and O–H groups in total. The van der Waals surface area contributed by atoms with Gasteiger partial charge in [-0.2, -0.15) is 0 Å². The van der Waals surface area contributed by atoms with Gasteiger partial charge < -0.3 is 15.6 Å². The van der Waals surface area contributed by atoms with Gasteiger partial charge in [-0.3, -0.25) is 5.32 Å². The van der Waals surface area contributed by atoms with Crippen LogP contribution in [0.25, 0.3) is 0 Å². The molecule has 0 spiro atoms. The largest absolute Gasteiger partial charge is 0.390 e. The first-order valence-corrected chi connectivity index (χ1v) is 3.70. The van der Waals surface area contributed by atoms with Crippen molar-refractivity contribution < 1.29 is 9.84 Å². The molecule has 0 rings (SSSR count). The summed E-state index contributed by atoms with van der Waals surface area (Å²) < 4.78 is 5.07. The summed E-state index contributed by atoms with van der Waals surface area (Å²) in [6, 6.07) is 0.